The van der Waals surface area contributed by atoms with Crippen LogP contribution in [0.15, 0.2) is 4.99 Å². The molecule has 0 saturated heterocycles. The van der Waals surface area contributed by atoms with E-state index < -0.39 is 5.41 Å². The van der Waals surface area contributed by atoms with E-state index in [1.807, 2.05) is 0 Å². The van der Waals surface area contributed by atoms with E-state index in [0.717, 1.165) is 12.8 Å². The van der Waals surface area contributed by atoms with Gasteiger partial charge in [0.05, 0.1) is 17.4 Å². The van der Waals surface area contributed by atoms with Crippen LogP contribution in [-0.2, 0) is 4.79 Å². The van der Waals surface area contributed by atoms with Crippen molar-refractivity contribution in [3.8, 4) is 0 Å². The van der Waals surface area contributed by atoms with Gasteiger partial charge in [0.15, 0.2) is 0 Å². The molecule has 1 saturated carbocycles. The van der Waals surface area contributed by atoms with Crippen LogP contribution in [0.5, 0.6) is 0 Å². The summed E-state index contributed by atoms with van der Waals surface area (Å²) in [5.41, 5.74) is -0.930. The highest BCUT2D eigenvalue weighted by atomic mass is 35.5. The maximum atomic E-state index is 12.4. The number of ketones is 1. The summed E-state index contributed by atoms with van der Waals surface area (Å²) in [6, 6.07) is 0. The first kappa shape index (κ1) is 11.7. The van der Waals surface area contributed by atoms with E-state index in [0.29, 0.717) is 29.9 Å². The van der Waals surface area contributed by atoms with Gasteiger partial charge in [0.25, 0.3) is 0 Å². The molecular formula is C10H12Cl3NO. The molecule has 1 heterocycles. The summed E-state index contributed by atoms with van der Waals surface area (Å²) < 4.78 is 0. The number of alkyl halides is 2. The Hall–Kier alpha value is 0.210. The van der Waals surface area contributed by atoms with Crippen LogP contribution >= 0.6 is 34.8 Å². The summed E-state index contributed by atoms with van der Waals surface area (Å²) in [4.78, 5) is 16.5. The van der Waals surface area contributed by atoms with Gasteiger partial charge in [-0.2, -0.15) is 0 Å². The Labute approximate surface area is 104 Å². The van der Waals surface area contributed by atoms with Crippen molar-refractivity contribution in [1.29, 1.82) is 0 Å². The van der Waals surface area contributed by atoms with Crippen molar-refractivity contribution < 1.29 is 4.79 Å². The Morgan fingerprint density at radius 2 is 1.93 bits per heavy atom. The van der Waals surface area contributed by atoms with Crippen LogP contribution in [-0.4, -0.2) is 29.3 Å². The molecule has 1 spiro atoms. The first-order valence-corrected chi connectivity index (χ1v) is 6.39. The van der Waals surface area contributed by atoms with Crippen LogP contribution in [0.1, 0.15) is 19.3 Å². The van der Waals surface area contributed by atoms with Gasteiger partial charge < -0.3 is 0 Å². The lowest BCUT2D eigenvalue weighted by Crippen LogP contribution is -2.39. The van der Waals surface area contributed by atoms with Crippen molar-refractivity contribution >= 4 is 45.8 Å². The fourth-order valence-corrected chi connectivity index (χ4v) is 3.62. The van der Waals surface area contributed by atoms with Crippen LogP contribution < -0.4 is 0 Å². The minimum absolute atomic E-state index is 0.166. The van der Waals surface area contributed by atoms with E-state index in [4.69, 9.17) is 34.8 Å². The van der Waals surface area contributed by atoms with Gasteiger partial charge in [-0.05, 0) is 12.8 Å². The van der Waals surface area contributed by atoms with Crippen LogP contribution in [0.25, 0.3) is 0 Å². The van der Waals surface area contributed by atoms with Gasteiger partial charge in [-0.25, -0.2) is 0 Å². The minimum Gasteiger partial charge on any atom is -0.298 e. The van der Waals surface area contributed by atoms with Crippen LogP contribution in [0.2, 0.25) is 0 Å². The number of rotatable bonds is 2. The minimum atomic E-state index is -0.542. The Morgan fingerprint density at radius 3 is 2.33 bits per heavy atom. The summed E-state index contributed by atoms with van der Waals surface area (Å²) >= 11 is 17.6. The fraction of sp³-hybridized carbons (Fsp3) is 0.800. The smallest absolute Gasteiger partial charge is 0.149 e. The molecule has 15 heavy (non-hydrogen) atoms. The van der Waals surface area contributed by atoms with Crippen molar-refractivity contribution in [2.24, 2.45) is 15.8 Å². The van der Waals surface area contributed by atoms with Gasteiger partial charge in [0.2, 0.25) is 0 Å². The van der Waals surface area contributed by atoms with E-state index in [2.05, 4.69) is 4.99 Å². The third-order valence-electron chi connectivity index (χ3n) is 3.59. The van der Waals surface area contributed by atoms with E-state index in [1.54, 1.807) is 0 Å². The molecular weight excluding hydrogens is 256 g/mol. The average molecular weight is 269 g/mol. The van der Waals surface area contributed by atoms with Gasteiger partial charge in [-0.3, -0.25) is 9.79 Å². The second-order valence-corrected chi connectivity index (χ2v) is 5.50. The summed E-state index contributed by atoms with van der Waals surface area (Å²) in [6.45, 7) is 0.514. The quantitative estimate of drug-likeness (QED) is 0.708. The Morgan fingerprint density at radius 1 is 1.27 bits per heavy atom. The van der Waals surface area contributed by atoms with Crippen molar-refractivity contribution in [3.05, 3.63) is 0 Å². The zero-order chi connectivity index (χ0) is 11.1. The molecule has 1 fully saturated rings. The molecule has 0 aromatic carbocycles. The van der Waals surface area contributed by atoms with Gasteiger partial charge in [-0.15, -0.1) is 23.2 Å². The lowest BCUT2D eigenvalue weighted by atomic mass is 9.79. The summed E-state index contributed by atoms with van der Waals surface area (Å²) in [5, 5.41) is 0.559. The van der Waals surface area contributed by atoms with Crippen LogP contribution in [0, 0.1) is 10.8 Å². The second kappa shape index (κ2) is 3.90. The van der Waals surface area contributed by atoms with E-state index >= 15 is 0 Å². The largest absolute Gasteiger partial charge is 0.298 e. The van der Waals surface area contributed by atoms with Gasteiger partial charge in [0.1, 0.15) is 11.0 Å². The number of nitrogens with zero attached hydrogens (tertiary/aromatic N) is 1. The second-order valence-electron chi connectivity index (χ2n) is 4.53. The molecule has 2 aliphatic rings. The predicted octanol–water partition coefficient (Wildman–Crippen LogP) is 2.84. The normalized spacial score (nSPS) is 33.8. The number of hydrogen-bond donors (Lipinski definition) is 0. The van der Waals surface area contributed by atoms with E-state index in [9.17, 15) is 4.79 Å². The zero-order valence-electron chi connectivity index (χ0n) is 8.23. The topological polar surface area (TPSA) is 29.4 Å². The molecule has 2 nitrogen and oxygen atoms in total. The SMILES string of the molecule is O=C1C(CCl)(CCl)CC[C@]12CN=C(Cl)C2. The van der Waals surface area contributed by atoms with E-state index in [-0.39, 0.29) is 11.2 Å². The highest BCUT2D eigenvalue weighted by Crippen LogP contribution is 2.51. The van der Waals surface area contributed by atoms with Gasteiger partial charge in [-0.1, -0.05) is 11.6 Å². The fourth-order valence-electron chi connectivity index (χ4n) is 2.51. The third kappa shape index (κ3) is 1.62. The molecule has 0 N–H and O–H groups in total. The van der Waals surface area contributed by atoms with Crippen molar-refractivity contribution in [1.82, 2.24) is 0 Å². The Bertz CT molecular complexity index is 325. The van der Waals surface area contributed by atoms with E-state index in [1.165, 1.54) is 0 Å². The molecule has 0 aromatic rings. The Kier molecular flexibility index (Phi) is 3.04. The molecule has 84 valence electrons. The molecule has 1 aliphatic carbocycles. The number of aliphatic imine (C=N–C) groups is 1. The number of carbonyl (C=O) groups is 1. The Balaban J connectivity index is 2.25. The first-order chi connectivity index (χ1) is 7.08. The van der Waals surface area contributed by atoms with Crippen molar-refractivity contribution in [2.75, 3.05) is 18.3 Å². The lowest BCUT2D eigenvalue weighted by molar-refractivity contribution is -0.131. The summed E-state index contributed by atoms with van der Waals surface area (Å²) in [6.07, 6.45) is 2.15. The monoisotopic (exact) mass is 267 g/mol. The predicted molar refractivity (Wildman–Crippen MR) is 63.3 cm³/mol. The highest BCUT2D eigenvalue weighted by molar-refractivity contribution is 6.66. The molecule has 0 unspecified atom stereocenters. The molecule has 0 amide bonds. The van der Waals surface area contributed by atoms with Crippen LogP contribution in [0.3, 0.4) is 0 Å². The highest BCUT2D eigenvalue weighted by Gasteiger charge is 2.57. The number of hydrogen-bond acceptors (Lipinski definition) is 2. The van der Waals surface area contributed by atoms with Crippen molar-refractivity contribution in [3.63, 3.8) is 0 Å². The molecule has 1 aliphatic heterocycles. The maximum absolute atomic E-state index is 12.4. The molecule has 0 bridgehead atoms. The zero-order valence-corrected chi connectivity index (χ0v) is 10.5. The first-order valence-electron chi connectivity index (χ1n) is 4.94. The summed E-state index contributed by atoms with van der Waals surface area (Å²) in [5.74, 6) is 0.767. The van der Waals surface area contributed by atoms with Gasteiger partial charge >= 0.3 is 0 Å². The van der Waals surface area contributed by atoms with Crippen molar-refractivity contribution in [2.45, 2.75) is 19.3 Å². The molecule has 5 heteroatoms. The van der Waals surface area contributed by atoms with Crippen LogP contribution in [0.4, 0.5) is 0 Å². The molecule has 1 atom stereocenters. The number of halogens is 3. The molecule has 0 radical (unpaired) electrons. The number of carbonyl (C=O) groups excluding carboxylic acids is 1. The average Bonchev–Trinajstić information content (AvgIpc) is 2.74. The number of Topliss-reactive ketones (excluding diaryl/α,β-unsaturated/α-hetero) is 1. The third-order valence-corrected chi connectivity index (χ3v) is 4.87. The maximum Gasteiger partial charge on any atom is 0.149 e. The lowest BCUT2D eigenvalue weighted by Gasteiger charge is -2.26. The van der Waals surface area contributed by atoms with Gasteiger partial charge in [0, 0.05) is 18.2 Å². The molecule has 0 aromatic heterocycles. The molecule has 2 rings (SSSR count). The summed E-state index contributed by atoms with van der Waals surface area (Å²) in [7, 11) is 0. The standard InChI is InChI=1S/C10H12Cl3NO/c11-4-10(5-12)2-1-9(8(10)15)3-7(13)14-6-9/h1-6H2/t9-/m0/s1.